The minimum absolute atomic E-state index is 0.124. The summed E-state index contributed by atoms with van der Waals surface area (Å²) in [4.78, 5) is 21.8. The van der Waals surface area contributed by atoms with Gasteiger partial charge in [-0.15, -0.1) is 11.3 Å². The van der Waals surface area contributed by atoms with E-state index >= 15 is 0 Å². The van der Waals surface area contributed by atoms with E-state index in [0.717, 1.165) is 53.7 Å². The Labute approximate surface area is 169 Å². The van der Waals surface area contributed by atoms with Crippen molar-refractivity contribution in [1.29, 1.82) is 0 Å². The van der Waals surface area contributed by atoms with Crippen LogP contribution in [0.4, 0.5) is 0 Å². The highest BCUT2D eigenvalue weighted by atomic mass is 32.2. The molecule has 2 aromatic rings. The topological polar surface area (TPSA) is 48.6 Å². The maximum atomic E-state index is 13.0. The number of hydrogen-bond acceptors (Lipinski definition) is 5. The average Bonchev–Trinajstić information content (AvgIpc) is 3.01. The molecule has 1 N–H and O–H groups in total. The molecule has 0 saturated carbocycles. The fourth-order valence-electron chi connectivity index (χ4n) is 4.29. The van der Waals surface area contributed by atoms with E-state index in [0.29, 0.717) is 5.92 Å². The van der Waals surface area contributed by atoms with Gasteiger partial charge in [-0.2, -0.15) is 0 Å². The largest absolute Gasteiger partial charge is 0.366 e. The van der Waals surface area contributed by atoms with Gasteiger partial charge in [0.05, 0.1) is 18.5 Å². The van der Waals surface area contributed by atoms with Gasteiger partial charge in [-0.1, -0.05) is 25.6 Å². The standard InChI is InChI=1S/C20H29N3O2S2/c1-13(2)10-23-8-9-25-14(11-23)12-26-20-21-18-17(19(24)22(20)3)15-6-4-5-7-16(15)27-18/h13-14H,4-12H2,1-3H3/p+1/t14-/m0/s1. The number of morpholine rings is 1. The molecule has 1 unspecified atom stereocenters. The molecule has 0 amide bonds. The fourth-order valence-corrected chi connectivity index (χ4v) is 6.58. The molecule has 5 nitrogen and oxygen atoms in total. The predicted molar refractivity (Wildman–Crippen MR) is 112 cm³/mol. The number of rotatable bonds is 5. The van der Waals surface area contributed by atoms with E-state index in [4.69, 9.17) is 9.72 Å². The van der Waals surface area contributed by atoms with Crippen LogP contribution >= 0.6 is 23.1 Å². The van der Waals surface area contributed by atoms with E-state index in [1.807, 2.05) is 7.05 Å². The second kappa shape index (κ2) is 8.23. The molecule has 27 heavy (non-hydrogen) atoms. The van der Waals surface area contributed by atoms with Gasteiger partial charge in [0.25, 0.3) is 5.56 Å². The Bertz CT molecular complexity index is 874. The molecular formula is C20H30N3O2S2+. The highest BCUT2D eigenvalue weighted by molar-refractivity contribution is 7.99. The normalized spacial score (nSPS) is 23.1. The highest BCUT2D eigenvalue weighted by Crippen LogP contribution is 2.34. The number of aromatic nitrogens is 2. The van der Waals surface area contributed by atoms with Crippen LogP contribution in [0, 0.1) is 5.92 Å². The van der Waals surface area contributed by atoms with Gasteiger partial charge < -0.3 is 9.64 Å². The third kappa shape index (κ3) is 4.11. The summed E-state index contributed by atoms with van der Waals surface area (Å²) in [5.41, 5.74) is 1.40. The van der Waals surface area contributed by atoms with Crippen molar-refractivity contribution in [1.82, 2.24) is 9.55 Å². The van der Waals surface area contributed by atoms with Crippen LogP contribution in [0.2, 0.25) is 0 Å². The van der Waals surface area contributed by atoms with Crippen LogP contribution in [0.3, 0.4) is 0 Å². The SMILES string of the molecule is CC(C)C[NH+]1CCO[C@H](CSc2nc3sc4c(c3c(=O)n2C)CCCC4)C1. The Kier molecular flexibility index (Phi) is 5.92. The fraction of sp³-hybridized carbons (Fsp3) is 0.700. The van der Waals surface area contributed by atoms with Crippen molar-refractivity contribution in [3.8, 4) is 0 Å². The minimum atomic E-state index is 0.124. The first-order valence-corrected chi connectivity index (χ1v) is 11.9. The lowest BCUT2D eigenvalue weighted by Crippen LogP contribution is -3.15. The summed E-state index contributed by atoms with van der Waals surface area (Å²) in [5.74, 6) is 1.57. The average molecular weight is 409 g/mol. The summed E-state index contributed by atoms with van der Waals surface area (Å²) in [7, 11) is 1.86. The van der Waals surface area contributed by atoms with Crippen LogP contribution in [0.25, 0.3) is 10.2 Å². The summed E-state index contributed by atoms with van der Waals surface area (Å²) < 4.78 is 7.73. The zero-order valence-corrected chi connectivity index (χ0v) is 18.2. The highest BCUT2D eigenvalue weighted by Gasteiger charge is 2.26. The number of ether oxygens (including phenoxy) is 1. The van der Waals surface area contributed by atoms with Gasteiger partial charge in [0, 0.05) is 23.6 Å². The van der Waals surface area contributed by atoms with E-state index < -0.39 is 0 Å². The molecule has 0 radical (unpaired) electrons. The van der Waals surface area contributed by atoms with Crippen LogP contribution in [-0.4, -0.2) is 47.6 Å². The zero-order chi connectivity index (χ0) is 19.0. The smallest absolute Gasteiger partial charge is 0.262 e. The van der Waals surface area contributed by atoms with E-state index in [2.05, 4.69) is 13.8 Å². The van der Waals surface area contributed by atoms with E-state index in [1.54, 1.807) is 32.6 Å². The third-order valence-electron chi connectivity index (χ3n) is 5.58. The summed E-state index contributed by atoms with van der Waals surface area (Å²) in [6, 6.07) is 0. The number of hydrogen-bond donors (Lipinski definition) is 1. The molecule has 1 aliphatic heterocycles. The van der Waals surface area contributed by atoms with E-state index in [9.17, 15) is 4.79 Å². The molecule has 1 aliphatic carbocycles. The number of thioether (sulfide) groups is 1. The zero-order valence-electron chi connectivity index (χ0n) is 16.5. The molecule has 0 spiro atoms. The van der Waals surface area contributed by atoms with Crippen molar-refractivity contribution in [3.05, 3.63) is 20.8 Å². The quantitative estimate of drug-likeness (QED) is 0.607. The molecule has 0 aromatic carbocycles. The van der Waals surface area contributed by atoms with Gasteiger partial charge in [0.15, 0.2) is 5.16 Å². The van der Waals surface area contributed by atoms with Gasteiger partial charge >= 0.3 is 0 Å². The first kappa shape index (κ1) is 19.4. The number of nitrogens with zero attached hydrogens (tertiary/aromatic N) is 2. The molecule has 1 fully saturated rings. The van der Waals surface area contributed by atoms with Crippen molar-refractivity contribution in [2.24, 2.45) is 13.0 Å². The van der Waals surface area contributed by atoms with Gasteiger partial charge in [-0.05, 0) is 31.2 Å². The Morgan fingerprint density at radius 1 is 1.37 bits per heavy atom. The number of fused-ring (bicyclic) bond motifs is 3. The Morgan fingerprint density at radius 2 is 2.19 bits per heavy atom. The Morgan fingerprint density at radius 3 is 3.00 bits per heavy atom. The lowest BCUT2D eigenvalue weighted by molar-refractivity contribution is -0.914. The van der Waals surface area contributed by atoms with Gasteiger partial charge in [-0.3, -0.25) is 9.36 Å². The molecule has 2 aliphatic rings. The predicted octanol–water partition coefficient (Wildman–Crippen LogP) is 1.91. The number of quaternary nitrogens is 1. The van der Waals surface area contributed by atoms with Crippen molar-refractivity contribution in [3.63, 3.8) is 0 Å². The maximum absolute atomic E-state index is 13.0. The molecule has 3 heterocycles. The van der Waals surface area contributed by atoms with Crippen LogP contribution in [0.5, 0.6) is 0 Å². The first-order chi connectivity index (χ1) is 13.0. The monoisotopic (exact) mass is 408 g/mol. The van der Waals surface area contributed by atoms with E-state index in [-0.39, 0.29) is 11.7 Å². The van der Waals surface area contributed by atoms with Crippen molar-refractivity contribution >= 4 is 33.3 Å². The lowest BCUT2D eigenvalue weighted by Gasteiger charge is -2.31. The number of aryl methyl sites for hydroxylation is 2. The van der Waals surface area contributed by atoms with Crippen LogP contribution in [0.1, 0.15) is 37.1 Å². The maximum Gasteiger partial charge on any atom is 0.262 e. The Balaban J connectivity index is 1.51. The summed E-state index contributed by atoms with van der Waals surface area (Å²) in [6.07, 6.45) is 4.79. The summed E-state index contributed by atoms with van der Waals surface area (Å²) in [6.45, 7) is 8.74. The lowest BCUT2D eigenvalue weighted by atomic mass is 9.97. The van der Waals surface area contributed by atoms with Crippen molar-refractivity contribution < 1.29 is 9.64 Å². The van der Waals surface area contributed by atoms with Gasteiger partial charge in [0.2, 0.25) is 0 Å². The molecule has 4 rings (SSSR count). The van der Waals surface area contributed by atoms with Crippen molar-refractivity contribution in [2.45, 2.75) is 50.8 Å². The first-order valence-electron chi connectivity index (χ1n) is 10.1. The Hall–Kier alpha value is -0.890. The second-order valence-electron chi connectivity index (χ2n) is 8.26. The third-order valence-corrected chi connectivity index (χ3v) is 7.92. The molecule has 1 saturated heterocycles. The van der Waals surface area contributed by atoms with Gasteiger partial charge in [0.1, 0.15) is 24.0 Å². The van der Waals surface area contributed by atoms with E-state index in [1.165, 1.54) is 29.8 Å². The molecule has 2 atom stereocenters. The molecule has 0 bridgehead atoms. The molecular weight excluding hydrogens is 378 g/mol. The molecule has 7 heteroatoms. The molecule has 2 aromatic heterocycles. The summed E-state index contributed by atoms with van der Waals surface area (Å²) >= 11 is 3.40. The van der Waals surface area contributed by atoms with Crippen LogP contribution in [0.15, 0.2) is 9.95 Å². The number of nitrogens with one attached hydrogen (secondary N) is 1. The van der Waals surface area contributed by atoms with Crippen LogP contribution < -0.4 is 10.5 Å². The number of thiophene rings is 1. The second-order valence-corrected chi connectivity index (χ2v) is 10.3. The minimum Gasteiger partial charge on any atom is -0.366 e. The molecule has 148 valence electrons. The van der Waals surface area contributed by atoms with Crippen LogP contribution in [-0.2, 0) is 24.6 Å². The van der Waals surface area contributed by atoms with Crippen molar-refractivity contribution in [2.75, 3.05) is 32.0 Å². The van der Waals surface area contributed by atoms with Gasteiger partial charge in [-0.25, -0.2) is 4.98 Å². The summed E-state index contributed by atoms with van der Waals surface area (Å²) in [5, 5.41) is 1.70.